The third-order valence-electron chi connectivity index (χ3n) is 4.06. The van der Waals surface area contributed by atoms with Crippen molar-refractivity contribution in [1.29, 1.82) is 0 Å². The van der Waals surface area contributed by atoms with Gasteiger partial charge in [0.15, 0.2) is 6.29 Å². The molecule has 0 aliphatic heterocycles. The van der Waals surface area contributed by atoms with E-state index in [1.54, 1.807) is 14.2 Å². The first kappa shape index (κ1) is 15.4. The summed E-state index contributed by atoms with van der Waals surface area (Å²) in [5.74, 6) is 0.735. The average Bonchev–Trinajstić information content (AvgIpc) is 2.41. The first-order valence-corrected chi connectivity index (χ1v) is 6.62. The molecule has 0 aromatic rings. The normalized spacial score (nSPS) is 28.4. The Morgan fingerprint density at radius 1 is 1.39 bits per heavy atom. The van der Waals surface area contributed by atoms with E-state index in [1.165, 1.54) is 0 Å². The molecule has 0 bridgehead atoms. The molecule has 1 aliphatic carbocycles. The third-order valence-corrected chi connectivity index (χ3v) is 4.06. The Bertz CT molecular complexity index is 259. The van der Waals surface area contributed by atoms with Gasteiger partial charge in [0.1, 0.15) is 0 Å². The summed E-state index contributed by atoms with van der Waals surface area (Å²) in [4.78, 5) is 12.3. The molecule has 3 N–H and O–H groups in total. The Kier molecular flexibility index (Phi) is 6.05. The van der Waals surface area contributed by atoms with Gasteiger partial charge in [0.2, 0.25) is 5.91 Å². The summed E-state index contributed by atoms with van der Waals surface area (Å²) in [5, 5.41) is 2.89. The van der Waals surface area contributed by atoms with Crippen molar-refractivity contribution in [1.82, 2.24) is 5.32 Å². The molecular weight excluding hydrogens is 232 g/mol. The lowest BCUT2D eigenvalue weighted by atomic mass is 9.70. The fourth-order valence-electron chi connectivity index (χ4n) is 2.47. The molecule has 0 aromatic heterocycles. The van der Waals surface area contributed by atoms with Crippen molar-refractivity contribution in [2.75, 3.05) is 27.3 Å². The number of carbonyl (C=O) groups excluding carboxylic acids is 1. The summed E-state index contributed by atoms with van der Waals surface area (Å²) in [6.07, 6.45) is 3.50. The highest BCUT2D eigenvalue weighted by molar-refractivity contribution is 5.83. The minimum absolute atomic E-state index is 0.0380. The zero-order valence-corrected chi connectivity index (χ0v) is 11.7. The second kappa shape index (κ2) is 7.07. The van der Waals surface area contributed by atoms with Gasteiger partial charge < -0.3 is 20.5 Å². The van der Waals surface area contributed by atoms with Gasteiger partial charge in [-0.2, -0.15) is 0 Å². The molecule has 0 aromatic carbocycles. The molecule has 1 saturated carbocycles. The Morgan fingerprint density at radius 3 is 2.39 bits per heavy atom. The SMILES string of the molecule is COC(CNC(=O)C1(CN)CCC(C)CC1)OC. The standard InChI is InChI=1S/C13H26N2O3/c1-10-4-6-13(9-14,7-5-10)12(16)15-8-11(17-2)18-3/h10-11H,4-9,14H2,1-3H3,(H,15,16). The molecule has 1 aliphatic rings. The van der Waals surface area contributed by atoms with Crippen molar-refractivity contribution < 1.29 is 14.3 Å². The molecule has 0 saturated heterocycles. The van der Waals surface area contributed by atoms with E-state index in [0.29, 0.717) is 19.0 Å². The summed E-state index contributed by atoms with van der Waals surface area (Å²) in [5.41, 5.74) is 5.44. The maximum absolute atomic E-state index is 12.3. The first-order chi connectivity index (χ1) is 8.57. The van der Waals surface area contributed by atoms with Gasteiger partial charge in [0.05, 0.1) is 12.0 Å². The number of hydrogen-bond acceptors (Lipinski definition) is 4. The van der Waals surface area contributed by atoms with Gasteiger partial charge in [-0.25, -0.2) is 0 Å². The topological polar surface area (TPSA) is 73.6 Å². The van der Waals surface area contributed by atoms with E-state index in [-0.39, 0.29) is 5.91 Å². The van der Waals surface area contributed by atoms with E-state index < -0.39 is 11.7 Å². The molecular formula is C13H26N2O3. The summed E-state index contributed by atoms with van der Waals surface area (Å²) in [7, 11) is 3.11. The lowest BCUT2D eigenvalue weighted by Crippen LogP contribution is -2.49. The van der Waals surface area contributed by atoms with Crippen molar-refractivity contribution in [2.45, 2.75) is 38.9 Å². The molecule has 0 radical (unpaired) electrons. The molecule has 1 fully saturated rings. The minimum Gasteiger partial charge on any atom is -0.354 e. The molecule has 1 amide bonds. The predicted molar refractivity (Wildman–Crippen MR) is 69.9 cm³/mol. The largest absolute Gasteiger partial charge is 0.354 e. The lowest BCUT2D eigenvalue weighted by molar-refractivity contribution is -0.138. The van der Waals surface area contributed by atoms with E-state index in [1.807, 2.05) is 0 Å². The third kappa shape index (κ3) is 3.67. The van der Waals surface area contributed by atoms with Gasteiger partial charge in [-0.05, 0) is 31.6 Å². The highest BCUT2D eigenvalue weighted by Crippen LogP contribution is 2.38. The number of amides is 1. The molecule has 106 valence electrons. The van der Waals surface area contributed by atoms with Gasteiger partial charge in [-0.3, -0.25) is 4.79 Å². The summed E-state index contributed by atoms with van der Waals surface area (Å²) in [6, 6.07) is 0. The minimum atomic E-state index is -0.397. The van der Waals surface area contributed by atoms with Gasteiger partial charge in [0.25, 0.3) is 0 Å². The van der Waals surface area contributed by atoms with E-state index in [9.17, 15) is 4.79 Å². The van der Waals surface area contributed by atoms with E-state index in [0.717, 1.165) is 25.7 Å². The van der Waals surface area contributed by atoms with Crippen molar-refractivity contribution in [3.63, 3.8) is 0 Å². The van der Waals surface area contributed by atoms with Crippen LogP contribution in [0.1, 0.15) is 32.6 Å². The van der Waals surface area contributed by atoms with Crippen LogP contribution in [0.3, 0.4) is 0 Å². The van der Waals surface area contributed by atoms with Crippen molar-refractivity contribution in [3.8, 4) is 0 Å². The Balaban J connectivity index is 2.52. The zero-order chi connectivity index (χ0) is 13.6. The van der Waals surface area contributed by atoms with E-state index >= 15 is 0 Å². The van der Waals surface area contributed by atoms with Crippen LogP contribution in [0.4, 0.5) is 0 Å². The number of rotatable bonds is 6. The summed E-state index contributed by atoms with van der Waals surface area (Å²) < 4.78 is 10.1. The van der Waals surface area contributed by atoms with E-state index in [2.05, 4.69) is 12.2 Å². The van der Waals surface area contributed by atoms with Crippen LogP contribution in [0.25, 0.3) is 0 Å². The van der Waals surface area contributed by atoms with Crippen LogP contribution in [-0.2, 0) is 14.3 Å². The number of ether oxygens (including phenoxy) is 2. The van der Waals surface area contributed by atoms with Crippen LogP contribution in [0.5, 0.6) is 0 Å². The number of nitrogens with two attached hydrogens (primary N) is 1. The molecule has 0 heterocycles. The Morgan fingerprint density at radius 2 is 1.94 bits per heavy atom. The number of hydrogen-bond donors (Lipinski definition) is 2. The highest BCUT2D eigenvalue weighted by atomic mass is 16.7. The quantitative estimate of drug-likeness (QED) is 0.694. The smallest absolute Gasteiger partial charge is 0.227 e. The monoisotopic (exact) mass is 258 g/mol. The van der Waals surface area contributed by atoms with Crippen LogP contribution >= 0.6 is 0 Å². The van der Waals surface area contributed by atoms with Crippen molar-refractivity contribution in [3.05, 3.63) is 0 Å². The molecule has 1 rings (SSSR count). The summed E-state index contributed by atoms with van der Waals surface area (Å²) >= 11 is 0. The molecule has 18 heavy (non-hydrogen) atoms. The fourth-order valence-corrected chi connectivity index (χ4v) is 2.47. The van der Waals surface area contributed by atoms with Crippen molar-refractivity contribution in [2.24, 2.45) is 17.1 Å². The van der Waals surface area contributed by atoms with Crippen molar-refractivity contribution >= 4 is 5.91 Å². The van der Waals surface area contributed by atoms with Crippen LogP contribution in [-0.4, -0.2) is 39.5 Å². The van der Waals surface area contributed by atoms with Crippen LogP contribution in [0, 0.1) is 11.3 Å². The molecule has 0 atom stereocenters. The molecule has 0 spiro atoms. The number of carbonyl (C=O) groups is 1. The number of nitrogens with one attached hydrogen (secondary N) is 1. The maximum atomic E-state index is 12.3. The fraction of sp³-hybridized carbons (Fsp3) is 0.923. The molecule has 5 heteroatoms. The highest BCUT2D eigenvalue weighted by Gasteiger charge is 2.39. The number of methoxy groups -OCH3 is 2. The zero-order valence-electron chi connectivity index (χ0n) is 11.7. The van der Waals surface area contributed by atoms with Crippen LogP contribution in [0.2, 0.25) is 0 Å². The Hall–Kier alpha value is -0.650. The second-order valence-corrected chi connectivity index (χ2v) is 5.28. The molecule has 0 unspecified atom stereocenters. The molecule has 5 nitrogen and oxygen atoms in total. The lowest BCUT2D eigenvalue weighted by Gasteiger charge is -2.37. The van der Waals surface area contributed by atoms with Crippen LogP contribution < -0.4 is 11.1 Å². The second-order valence-electron chi connectivity index (χ2n) is 5.28. The van der Waals surface area contributed by atoms with E-state index in [4.69, 9.17) is 15.2 Å². The van der Waals surface area contributed by atoms with Gasteiger partial charge in [-0.1, -0.05) is 6.92 Å². The maximum Gasteiger partial charge on any atom is 0.227 e. The summed E-state index contributed by atoms with van der Waals surface area (Å²) in [6.45, 7) is 3.00. The van der Waals surface area contributed by atoms with Crippen LogP contribution in [0.15, 0.2) is 0 Å². The van der Waals surface area contributed by atoms with Gasteiger partial charge in [0, 0.05) is 20.8 Å². The first-order valence-electron chi connectivity index (χ1n) is 6.62. The van der Waals surface area contributed by atoms with Gasteiger partial charge in [-0.15, -0.1) is 0 Å². The average molecular weight is 258 g/mol. The Labute approximate surface area is 109 Å². The predicted octanol–water partition coefficient (Wildman–Crippen LogP) is 0.877. The van der Waals surface area contributed by atoms with Gasteiger partial charge >= 0.3 is 0 Å².